The summed E-state index contributed by atoms with van der Waals surface area (Å²) in [5.74, 6) is 0.133. The number of aliphatic hydroxyl groups excluding tert-OH is 1. The fourth-order valence-electron chi connectivity index (χ4n) is 5.36. The van der Waals surface area contributed by atoms with E-state index in [-0.39, 0.29) is 17.7 Å². The summed E-state index contributed by atoms with van der Waals surface area (Å²) in [5, 5.41) is 10.9. The fourth-order valence-corrected chi connectivity index (χ4v) is 5.36. The second-order valence-electron chi connectivity index (χ2n) is 9.85. The van der Waals surface area contributed by atoms with E-state index in [0.717, 1.165) is 37.3 Å². The van der Waals surface area contributed by atoms with E-state index in [2.05, 4.69) is 24.8 Å². The molecule has 6 rings (SSSR count). The third kappa shape index (κ3) is 5.44. The zero-order valence-electron chi connectivity index (χ0n) is 21.3. The lowest BCUT2D eigenvalue weighted by Crippen LogP contribution is -2.50. The maximum absolute atomic E-state index is 13.6. The molecule has 5 aromatic rings. The smallest absolute Gasteiger partial charge is 0.168 e. The molecule has 1 saturated heterocycles. The van der Waals surface area contributed by atoms with Crippen LogP contribution in [0.5, 0.6) is 0 Å². The molecule has 3 aromatic heterocycles. The second-order valence-corrected chi connectivity index (χ2v) is 9.85. The predicted molar refractivity (Wildman–Crippen MR) is 143 cm³/mol. The molecule has 0 spiro atoms. The lowest BCUT2D eigenvalue weighted by Gasteiger charge is -2.40. The highest BCUT2D eigenvalue weighted by Gasteiger charge is 2.27. The Morgan fingerprint density at radius 1 is 0.769 bits per heavy atom. The number of halogens is 2. The van der Waals surface area contributed by atoms with Crippen molar-refractivity contribution < 1.29 is 13.9 Å². The molecular formula is C29H29F2N7O. The van der Waals surface area contributed by atoms with Crippen LogP contribution in [0.4, 0.5) is 8.78 Å². The Labute approximate surface area is 224 Å². The quantitative estimate of drug-likeness (QED) is 0.331. The van der Waals surface area contributed by atoms with E-state index in [4.69, 9.17) is 0 Å². The molecule has 2 aromatic carbocycles. The first-order valence-electron chi connectivity index (χ1n) is 13.0. The van der Waals surface area contributed by atoms with Gasteiger partial charge in [0, 0.05) is 45.1 Å². The number of hydrogen-bond acceptors (Lipinski definition) is 6. The number of rotatable bonds is 8. The third-order valence-electron chi connectivity index (χ3n) is 7.25. The number of β-amino-alcohol motifs (C(OH)–C–C–N with tert-alkyl or cyclic N) is 1. The van der Waals surface area contributed by atoms with Crippen LogP contribution < -0.4 is 0 Å². The highest BCUT2D eigenvalue weighted by molar-refractivity contribution is 5.78. The van der Waals surface area contributed by atoms with Crippen molar-refractivity contribution in [1.82, 2.24) is 33.9 Å². The van der Waals surface area contributed by atoms with E-state index in [9.17, 15) is 13.9 Å². The topological polar surface area (TPSA) is 75.2 Å². The molecule has 1 unspecified atom stereocenters. The second kappa shape index (κ2) is 11.0. The van der Waals surface area contributed by atoms with Gasteiger partial charge in [0.25, 0.3) is 0 Å². The Hall–Kier alpha value is -3.99. The fraction of sp³-hybridized carbons (Fsp3) is 0.276. The van der Waals surface area contributed by atoms with Gasteiger partial charge in [-0.25, -0.2) is 23.7 Å². The number of nitrogens with zero attached hydrogens (tertiary/aromatic N) is 7. The third-order valence-corrected chi connectivity index (χ3v) is 7.25. The Morgan fingerprint density at radius 2 is 1.38 bits per heavy atom. The van der Waals surface area contributed by atoms with Crippen molar-refractivity contribution >= 4 is 11.2 Å². The minimum absolute atomic E-state index is 0.107. The molecular weight excluding hydrogens is 500 g/mol. The molecule has 0 aliphatic carbocycles. The summed E-state index contributed by atoms with van der Waals surface area (Å²) in [6.07, 6.45) is 6.42. The van der Waals surface area contributed by atoms with Gasteiger partial charge in [0.15, 0.2) is 17.0 Å². The SMILES string of the molecule is OC(CN1CCN(C(c2ccc(F)cc2)c2ccc(F)cc2)CC1)Cn1cnc2c(-n3cccc3)ncnc21. The molecule has 200 valence electrons. The van der Waals surface area contributed by atoms with Gasteiger partial charge in [0.05, 0.1) is 25.0 Å². The summed E-state index contributed by atoms with van der Waals surface area (Å²) >= 11 is 0. The first kappa shape index (κ1) is 25.3. The molecule has 1 N–H and O–H groups in total. The highest BCUT2D eigenvalue weighted by atomic mass is 19.1. The number of aliphatic hydroxyl groups is 1. The van der Waals surface area contributed by atoms with Crippen molar-refractivity contribution in [3.8, 4) is 5.82 Å². The van der Waals surface area contributed by atoms with E-state index >= 15 is 0 Å². The molecule has 0 amide bonds. The number of imidazole rings is 1. The largest absolute Gasteiger partial charge is 0.390 e. The molecule has 0 bridgehead atoms. The summed E-state index contributed by atoms with van der Waals surface area (Å²) in [6.45, 7) is 3.93. The van der Waals surface area contributed by atoms with Gasteiger partial charge in [-0.15, -0.1) is 0 Å². The first-order valence-corrected chi connectivity index (χ1v) is 13.0. The molecule has 10 heteroatoms. The van der Waals surface area contributed by atoms with Crippen LogP contribution in [0.3, 0.4) is 0 Å². The van der Waals surface area contributed by atoms with Gasteiger partial charge >= 0.3 is 0 Å². The Balaban J connectivity index is 1.11. The van der Waals surface area contributed by atoms with Gasteiger partial charge in [0.1, 0.15) is 18.0 Å². The molecule has 1 aliphatic heterocycles. The predicted octanol–water partition coefficient (Wildman–Crippen LogP) is 3.66. The molecule has 39 heavy (non-hydrogen) atoms. The molecule has 8 nitrogen and oxygen atoms in total. The minimum atomic E-state index is -0.607. The van der Waals surface area contributed by atoms with Gasteiger partial charge in [-0.1, -0.05) is 24.3 Å². The maximum Gasteiger partial charge on any atom is 0.168 e. The van der Waals surface area contributed by atoms with Gasteiger partial charge in [0.2, 0.25) is 0 Å². The van der Waals surface area contributed by atoms with Crippen molar-refractivity contribution in [2.75, 3.05) is 32.7 Å². The number of fused-ring (bicyclic) bond motifs is 1. The van der Waals surface area contributed by atoms with Crippen LogP contribution in [-0.4, -0.2) is 77.8 Å². The van der Waals surface area contributed by atoms with Crippen LogP contribution in [0.2, 0.25) is 0 Å². The van der Waals surface area contributed by atoms with Gasteiger partial charge in [-0.2, -0.15) is 0 Å². The van der Waals surface area contributed by atoms with Gasteiger partial charge < -0.3 is 14.2 Å². The zero-order valence-corrected chi connectivity index (χ0v) is 21.3. The van der Waals surface area contributed by atoms with Crippen molar-refractivity contribution in [3.63, 3.8) is 0 Å². The number of piperazine rings is 1. The van der Waals surface area contributed by atoms with Gasteiger partial charge in [-0.05, 0) is 47.5 Å². The maximum atomic E-state index is 13.6. The minimum Gasteiger partial charge on any atom is -0.390 e. The summed E-state index contributed by atoms with van der Waals surface area (Å²) in [6, 6.07) is 16.8. The number of hydrogen-bond donors (Lipinski definition) is 1. The van der Waals surface area contributed by atoms with Crippen LogP contribution in [0.15, 0.2) is 85.7 Å². The van der Waals surface area contributed by atoms with E-state index in [1.807, 2.05) is 33.7 Å². The first-order chi connectivity index (χ1) is 19.0. The van der Waals surface area contributed by atoms with E-state index in [1.165, 1.54) is 30.6 Å². The van der Waals surface area contributed by atoms with Crippen molar-refractivity contribution in [1.29, 1.82) is 0 Å². The van der Waals surface area contributed by atoms with Crippen molar-refractivity contribution in [2.24, 2.45) is 0 Å². The molecule has 1 fully saturated rings. The van der Waals surface area contributed by atoms with Crippen LogP contribution in [0, 0.1) is 11.6 Å². The Morgan fingerprint density at radius 3 is 2.00 bits per heavy atom. The van der Waals surface area contributed by atoms with Crippen LogP contribution in [0.1, 0.15) is 17.2 Å². The molecule has 1 aliphatic rings. The monoisotopic (exact) mass is 529 g/mol. The number of aromatic nitrogens is 5. The summed E-state index contributed by atoms with van der Waals surface area (Å²) in [5.41, 5.74) is 3.29. The summed E-state index contributed by atoms with van der Waals surface area (Å²) < 4.78 is 31.0. The van der Waals surface area contributed by atoms with E-state index in [1.54, 1.807) is 30.6 Å². The van der Waals surface area contributed by atoms with Gasteiger partial charge in [-0.3, -0.25) is 9.80 Å². The van der Waals surface area contributed by atoms with E-state index in [0.29, 0.717) is 30.1 Å². The van der Waals surface area contributed by atoms with Crippen molar-refractivity contribution in [2.45, 2.75) is 18.7 Å². The molecule has 4 heterocycles. The average Bonchev–Trinajstić information content (AvgIpc) is 3.63. The lowest BCUT2D eigenvalue weighted by atomic mass is 9.96. The number of benzene rings is 2. The highest BCUT2D eigenvalue weighted by Crippen LogP contribution is 2.30. The van der Waals surface area contributed by atoms with Crippen molar-refractivity contribution in [3.05, 3.63) is 108 Å². The standard InChI is InChI=1S/C29H29F2N7O/c30-23-7-3-21(4-8-23)27(22-5-9-24(31)10-6-22)36-15-13-35(14-16-36)17-25(39)18-38-20-34-26-28(32-19-33-29(26)38)37-11-1-2-12-37/h1-12,19-20,25,27,39H,13-18H2. The van der Waals surface area contributed by atoms with E-state index < -0.39 is 6.10 Å². The normalized spacial score (nSPS) is 15.8. The van der Waals surface area contributed by atoms with Crippen LogP contribution in [-0.2, 0) is 6.54 Å². The van der Waals surface area contributed by atoms with Crippen LogP contribution >= 0.6 is 0 Å². The molecule has 0 radical (unpaired) electrons. The average molecular weight is 530 g/mol. The Bertz CT molecular complexity index is 1470. The zero-order chi connectivity index (χ0) is 26.8. The summed E-state index contributed by atoms with van der Waals surface area (Å²) in [7, 11) is 0. The molecule has 1 atom stereocenters. The molecule has 0 saturated carbocycles. The Kier molecular flexibility index (Phi) is 7.14. The van der Waals surface area contributed by atoms with Crippen LogP contribution in [0.25, 0.3) is 17.0 Å². The summed E-state index contributed by atoms with van der Waals surface area (Å²) in [4.78, 5) is 17.9. The lowest BCUT2D eigenvalue weighted by molar-refractivity contribution is 0.0560.